The van der Waals surface area contributed by atoms with Gasteiger partial charge in [-0.15, -0.1) is 0 Å². The maximum atomic E-state index is 5.57. The Kier molecular flexibility index (Phi) is 4.40. The van der Waals surface area contributed by atoms with Crippen molar-refractivity contribution in [1.29, 1.82) is 0 Å². The van der Waals surface area contributed by atoms with Crippen LogP contribution in [0, 0.1) is 0 Å². The number of nitrogens with one attached hydrogen (secondary N) is 1. The van der Waals surface area contributed by atoms with E-state index in [1.165, 1.54) is 12.0 Å². The Morgan fingerprint density at radius 2 is 2.33 bits per heavy atom. The monoisotopic (exact) mass is 349 g/mol. The topological polar surface area (TPSA) is 51.0 Å². The van der Waals surface area contributed by atoms with Crippen LogP contribution in [-0.2, 0) is 12.0 Å². The van der Waals surface area contributed by atoms with Gasteiger partial charge in [0.05, 0.1) is 5.54 Å². The van der Waals surface area contributed by atoms with E-state index in [9.17, 15) is 0 Å². The van der Waals surface area contributed by atoms with E-state index in [1.807, 2.05) is 12.1 Å². The van der Waals surface area contributed by atoms with Gasteiger partial charge in [-0.25, -0.2) is 0 Å². The van der Waals surface area contributed by atoms with Crippen molar-refractivity contribution in [3.05, 3.63) is 46.0 Å². The molecule has 1 aromatic heterocycles. The average Bonchev–Trinajstić information content (AvgIpc) is 3.09. The Hall–Kier alpha value is -1.20. The second-order valence-electron chi connectivity index (χ2n) is 5.68. The fourth-order valence-corrected chi connectivity index (χ4v) is 3.53. The number of rotatable bonds is 5. The van der Waals surface area contributed by atoms with Crippen LogP contribution in [0.15, 0.2) is 33.3 Å². The third-order valence-corrected chi connectivity index (χ3v) is 4.54. The summed E-state index contributed by atoms with van der Waals surface area (Å²) in [6.07, 6.45) is 5.11. The molecule has 0 bridgehead atoms. The number of aromatic nitrogens is 2. The van der Waals surface area contributed by atoms with E-state index in [2.05, 4.69) is 50.4 Å². The standard InChI is InChI=1S/C16H20BrN3O/c1-2-7-16(8-4-9-18-16)15-19-14(20-21-15)11-12-5-3-6-13(17)10-12/h3,5-6,10,18H,2,4,7-9,11H2,1H3. The zero-order chi connectivity index (χ0) is 14.7. The van der Waals surface area contributed by atoms with Crippen LogP contribution in [0.2, 0.25) is 0 Å². The molecule has 112 valence electrons. The van der Waals surface area contributed by atoms with Gasteiger partial charge in [0, 0.05) is 10.9 Å². The molecule has 1 unspecified atom stereocenters. The lowest BCUT2D eigenvalue weighted by Crippen LogP contribution is -2.37. The molecular weight excluding hydrogens is 330 g/mol. The van der Waals surface area contributed by atoms with E-state index in [1.54, 1.807) is 0 Å². The molecule has 0 aliphatic carbocycles. The van der Waals surface area contributed by atoms with Crippen molar-refractivity contribution < 1.29 is 4.52 Å². The van der Waals surface area contributed by atoms with Gasteiger partial charge in [0.15, 0.2) is 5.82 Å². The van der Waals surface area contributed by atoms with Gasteiger partial charge in [-0.05, 0) is 43.5 Å². The van der Waals surface area contributed by atoms with Gasteiger partial charge < -0.3 is 9.84 Å². The van der Waals surface area contributed by atoms with Crippen LogP contribution in [0.3, 0.4) is 0 Å². The lowest BCUT2D eigenvalue weighted by atomic mass is 9.92. The van der Waals surface area contributed by atoms with E-state index < -0.39 is 0 Å². The molecule has 1 saturated heterocycles. The zero-order valence-corrected chi connectivity index (χ0v) is 13.8. The van der Waals surface area contributed by atoms with E-state index in [0.29, 0.717) is 6.42 Å². The van der Waals surface area contributed by atoms with Gasteiger partial charge in [-0.3, -0.25) is 0 Å². The molecule has 2 aromatic rings. The highest BCUT2D eigenvalue weighted by Crippen LogP contribution is 2.34. The molecule has 1 N–H and O–H groups in total. The van der Waals surface area contributed by atoms with Crippen LogP contribution in [0.5, 0.6) is 0 Å². The zero-order valence-electron chi connectivity index (χ0n) is 12.2. The third-order valence-electron chi connectivity index (χ3n) is 4.05. The van der Waals surface area contributed by atoms with Gasteiger partial charge >= 0.3 is 0 Å². The minimum Gasteiger partial charge on any atom is -0.337 e. The first-order valence-electron chi connectivity index (χ1n) is 7.54. The maximum absolute atomic E-state index is 5.57. The van der Waals surface area contributed by atoms with Crippen molar-refractivity contribution in [3.8, 4) is 0 Å². The summed E-state index contributed by atoms with van der Waals surface area (Å²) in [6, 6.07) is 8.21. The Labute approximate surface area is 133 Å². The van der Waals surface area contributed by atoms with Crippen molar-refractivity contribution in [3.63, 3.8) is 0 Å². The summed E-state index contributed by atoms with van der Waals surface area (Å²) in [4.78, 5) is 4.65. The van der Waals surface area contributed by atoms with Crippen LogP contribution in [0.25, 0.3) is 0 Å². The molecule has 0 spiro atoms. The molecule has 3 rings (SSSR count). The highest BCUT2D eigenvalue weighted by atomic mass is 79.9. The van der Waals surface area contributed by atoms with Gasteiger partial charge in [0.25, 0.3) is 0 Å². The molecule has 0 saturated carbocycles. The number of benzene rings is 1. The molecule has 0 amide bonds. The van der Waals surface area contributed by atoms with E-state index in [-0.39, 0.29) is 5.54 Å². The fraction of sp³-hybridized carbons (Fsp3) is 0.500. The normalized spacial score (nSPS) is 21.8. The third kappa shape index (κ3) is 3.19. The fourth-order valence-electron chi connectivity index (χ4n) is 3.09. The summed E-state index contributed by atoms with van der Waals surface area (Å²) in [5, 5.41) is 7.74. The molecule has 1 fully saturated rings. The summed E-state index contributed by atoms with van der Waals surface area (Å²) >= 11 is 3.49. The van der Waals surface area contributed by atoms with Gasteiger partial charge in [-0.1, -0.05) is 46.6 Å². The maximum Gasteiger partial charge on any atom is 0.246 e. The summed E-state index contributed by atoms with van der Waals surface area (Å²) in [5.74, 6) is 1.51. The van der Waals surface area contributed by atoms with Gasteiger partial charge in [0.2, 0.25) is 5.89 Å². The number of hydrogen-bond acceptors (Lipinski definition) is 4. The predicted octanol–water partition coefficient (Wildman–Crippen LogP) is 3.80. The largest absolute Gasteiger partial charge is 0.337 e. The number of nitrogens with zero attached hydrogens (tertiary/aromatic N) is 2. The summed E-state index contributed by atoms with van der Waals surface area (Å²) in [6.45, 7) is 3.23. The molecule has 5 heteroatoms. The minimum atomic E-state index is -0.0999. The average molecular weight is 350 g/mol. The van der Waals surface area contributed by atoms with Crippen LogP contribution < -0.4 is 5.32 Å². The predicted molar refractivity (Wildman–Crippen MR) is 85.1 cm³/mol. The molecule has 1 aromatic carbocycles. The SMILES string of the molecule is CCCC1(c2nc(Cc3cccc(Br)c3)no2)CCCN1. The van der Waals surface area contributed by atoms with Crippen LogP contribution in [0.4, 0.5) is 0 Å². The van der Waals surface area contributed by atoms with Crippen molar-refractivity contribution in [2.45, 2.75) is 44.6 Å². The molecule has 21 heavy (non-hydrogen) atoms. The van der Waals surface area contributed by atoms with Crippen molar-refractivity contribution >= 4 is 15.9 Å². The Bertz CT molecular complexity index is 605. The Morgan fingerprint density at radius 3 is 3.05 bits per heavy atom. The molecule has 1 atom stereocenters. The lowest BCUT2D eigenvalue weighted by Gasteiger charge is -2.24. The van der Waals surface area contributed by atoms with E-state index in [4.69, 9.17) is 4.52 Å². The highest BCUT2D eigenvalue weighted by Gasteiger charge is 2.39. The van der Waals surface area contributed by atoms with E-state index >= 15 is 0 Å². The summed E-state index contributed by atoms with van der Waals surface area (Å²) < 4.78 is 6.64. The van der Waals surface area contributed by atoms with Crippen molar-refractivity contribution in [2.75, 3.05) is 6.54 Å². The Morgan fingerprint density at radius 1 is 1.43 bits per heavy atom. The van der Waals surface area contributed by atoms with Crippen molar-refractivity contribution in [2.24, 2.45) is 0 Å². The highest BCUT2D eigenvalue weighted by molar-refractivity contribution is 9.10. The van der Waals surface area contributed by atoms with Gasteiger partial charge in [-0.2, -0.15) is 4.98 Å². The van der Waals surface area contributed by atoms with Crippen molar-refractivity contribution in [1.82, 2.24) is 15.5 Å². The Balaban J connectivity index is 1.79. The number of hydrogen-bond donors (Lipinski definition) is 1. The first-order valence-corrected chi connectivity index (χ1v) is 8.34. The first kappa shape index (κ1) is 14.7. The molecule has 0 radical (unpaired) electrons. The summed E-state index contributed by atoms with van der Waals surface area (Å²) in [5.41, 5.74) is 1.08. The molecule has 1 aliphatic heterocycles. The smallest absolute Gasteiger partial charge is 0.246 e. The second-order valence-corrected chi connectivity index (χ2v) is 6.60. The lowest BCUT2D eigenvalue weighted by molar-refractivity contribution is 0.240. The number of halogens is 1. The molecule has 2 heterocycles. The van der Waals surface area contributed by atoms with Gasteiger partial charge in [0.1, 0.15) is 0 Å². The van der Waals surface area contributed by atoms with Crippen LogP contribution in [0.1, 0.15) is 49.9 Å². The minimum absolute atomic E-state index is 0.0999. The van der Waals surface area contributed by atoms with E-state index in [0.717, 1.165) is 42.0 Å². The first-order chi connectivity index (χ1) is 10.2. The van der Waals surface area contributed by atoms with Crippen LogP contribution >= 0.6 is 15.9 Å². The molecule has 4 nitrogen and oxygen atoms in total. The molecular formula is C16H20BrN3O. The van der Waals surface area contributed by atoms with Crippen LogP contribution in [-0.4, -0.2) is 16.7 Å². The summed E-state index contributed by atoms with van der Waals surface area (Å²) in [7, 11) is 0. The molecule has 1 aliphatic rings. The quantitative estimate of drug-likeness (QED) is 0.891. The second kappa shape index (κ2) is 6.28.